The number of nitrogen functional groups attached to an aromatic ring is 1. The van der Waals surface area contributed by atoms with Gasteiger partial charge in [0.15, 0.2) is 5.82 Å². The van der Waals surface area contributed by atoms with Crippen molar-refractivity contribution in [2.75, 3.05) is 12.5 Å². The van der Waals surface area contributed by atoms with Crippen molar-refractivity contribution in [3.8, 4) is 0 Å². The Morgan fingerprint density at radius 1 is 1.50 bits per heavy atom. The van der Waals surface area contributed by atoms with Crippen molar-refractivity contribution in [3.63, 3.8) is 0 Å². The van der Waals surface area contributed by atoms with E-state index in [9.17, 15) is 8.42 Å². The lowest BCUT2D eigenvalue weighted by atomic mass is 10.5. The zero-order valence-electron chi connectivity index (χ0n) is 10.4. The molecule has 0 bridgehead atoms. The maximum Gasteiger partial charge on any atom is 0.246 e. The number of hydrogen-bond acceptors (Lipinski definition) is 7. The highest BCUT2D eigenvalue weighted by molar-refractivity contribution is 9.10. The first kappa shape index (κ1) is 15.3. The summed E-state index contributed by atoms with van der Waals surface area (Å²) >= 11 is 4.62. The van der Waals surface area contributed by atoms with Crippen molar-refractivity contribution in [3.05, 3.63) is 33.3 Å². The first-order valence-electron chi connectivity index (χ1n) is 5.40. The van der Waals surface area contributed by atoms with Crippen molar-refractivity contribution < 1.29 is 8.42 Å². The third-order valence-electron chi connectivity index (χ3n) is 2.51. The molecule has 0 spiro atoms. The minimum atomic E-state index is -3.72. The van der Waals surface area contributed by atoms with Gasteiger partial charge < -0.3 is 5.43 Å². The summed E-state index contributed by atoms with van der Waals surface area (Å²) < 4.78 is 26.8. The van der Waals surface area contributed by atoms with Crippen molar-refractivity contribution in [2.24, 2.45) is 5.84 Å². The molecule has 3 N–H and O–H groups in total. The molecule has 0 saturated heterocycles. The molecule has 0 saturated carbocycles. The molecule has 2 aromatic rings. The van der Waals surface area contributed by atoms with Crippen molar-refractivity contribution >= 4 is 43.1 Å². The van der Waals surface area contributed by atoms with Crippen molar-refractivity contribution in [2.45, 2.75) is 11.4 Å². The summed E-state index contributed by atoms with van der Waals surface area (Å²) in [4.78, 5) is 8.02. The standard InChI is InChI=1S/C10H12BrN5O2S2/c1-16(4-8-5-19-6-14-8)20(17,18)9-2-7(11)3-13-10(9)15-12/h2-3,5-6H,4,12H2,1H3,(H,13,15). The molecule has 7 nitrogen and oxygen atoms in total. The minimum Gasteiger partial charge on any atom is -0.307 e. The number of hydrogen-bond donors (Lipinski definition) is 2. The minimum absolute atomic E-state index is 0.00658. The second kappa shape index (κ2) is 6.14. The molecule has 2 aromatic heterocycles. The molecule has 0 aromatic carbocycles. The number of nitrogens with one attached hydrogen (secondary N) is 1. The number of nitrogens with zero attached hydrogens (tertiary/aromatic N) is 3. The van der Waals surface area contributed by atoms with Crippen LogP contribution in [0.25, 0.3) is 0 Å². The van der Waals surface area contributed by atoms with E-state index in [4.69, 9.17) is 5.84 Å². The number of nitrogens with two attached hydrogens (primary N) is 1. The van der Waals surface area contributed by atoms with Gasteiger partial charge in [-0.05, 0) is 22.0 Å². The molecule has 0 radical (unpaired) electrons. The lowest BCUT2D eigenvalue weighted by Gasteiger charge is -2.17. The Bertz CT molecular complexity index is 690. The Hall–Kier alpha value is -1.07. The largest absolute Gasteiger partial charge is 0.307 e. The average molecular weight is 378 g/mol. The number of hydrazine groups is 1. The zero-order chi connectivity index (χ0) is 14.8. The third-order valence-corrected chi connectivity index (χ3v) is 5.40. The summed E-state index contributed by atoms with van der Waals surface area (Å²) in [5.74, 6) is 5.41. The Labute approximate surface area is 129 Å². The first-order chi connectivity index (χ1) is 9.45. The molecule has 20 heavy (non-hydrogen) atoms. The molecule has 2 rings (SSSR count). The number of rotatable bonds is 5. The maximum atomic E-state index is 12.5. The summed E-state index contributed by atoms with van der Waals surface area (Å²) in [7, 11) is -2.24. The molecule has 2 heterocycles. The molecule has 0 unspecified atom stereocenters. The van der Waals surface area contributed by atoms with E-state index >= 15 is 0 Å². The molecule has 10 heteroatoms. The van der Waals surface area contributed by atoms with E-state index in [0.717, 1.165) is 0 Å². The third kappa shape index (κ3) is 3.15. The highest BCUT2D eigenvalue weighted by Gasteiger charge is 2.25. The molecular weight excluding hydrogens is 366 g/mol. The van der Waals surface area contributed by atoms with Gasteiger partial charge in [0, 0.05) is 23.1 Å². The molecule has 0 aliphatic rings. The number of halogens is 1. The van der Waals surface area contributed by atoms with Crippen LogP contribution in [0.1, 0.15) is 5.69 Å². The Morgan fingerprint density at radius 2 is 2.25 bits per heavy atom. The molecule has 0 fully saturated rings. The van der Waals surface area contributed by atoms with Crippen LogP contribution < -0.4 is 11.3 Å². The van der Waals surface area contributed by atoms with Crippen LogP contribution in [-0.2, 0) is 16.6 Å². The van der Waals surface area contributed by atoms with Gasteiger partial charge in [0.1, 0.15) is 4.90 Å². The van der Waals surface area contributed by atoms with Gasteiger partial charge in [0.05, 0.1) is 17.7 Å². The summed E-state index contributed by atoms with van der Waals surface area (Å²) in [6.45, 7) is 0.183. The highest BCUT2D eigenvalue weighted by atomic mass is 79.9. The highest BCUT2D eigenvalue weighted by Crippen LogP contribution is 2.25. The molecule has 108 valence electrons. The van der Waals surface area contributed by atoms with Crippen LogP contribution in [0.2, 0.25) is 0 Å². The zero-order valence-corrected chi connectivity index (χ0v) is 13.7. The Kier molecular flexibility index (Phi) is 4.70. The monoisotopic (exact) mass is 377 g/mol. The van der Waals surface area contributed by atoms with Crippen LogP contribution in [0.5, 0.6) is 0 Å². The summed E-state index contributed by atoms with van der Waals surface area (Å²) in [6, 6.07) is 1.45. The van der Waals surface area contributed by atoms with Gasteiger partial charge in [-0.25, -0.2) is 24.2 Å². The number of aromatic nitrogens is 2. The van der Waals surface area contributed by atoms with Crippen LogP contribution in [0, 0.1) is 0 Å². The van der Waals surface area contributed by atoms with E-state index in [1.165, 1.54) is 35.0 Å². The summed E-state index contributed by atoms with van der Waals surface area (Å²) in [5.41, 5.74) is 4.63. The van der Waals surface area contributed by atoms with E-state index in [1.54, 1.807) is 10.9 Å². The van der Waals surface area contributed by atoms with E-state index < -0.39 is 10.0 Å². The first-order valence-corrected chi connectivity index (χ1v) is 8.58. The van der Waals surface area contributed by atoms with Gasteiger partial charge in [-0.3, -0.25) is 0 Å². The maximum absolute atomic E-state index is 12.5. The lowest BCUT2D eigenvalue weighted by Crippen LogP contribution is -2.28. The van der Waals surface area contributed by atoms with Gasteiger partial charge in [-0.15, -0.1) is 11.3 Å². The predicted octanol–water partition coefficient (Wildman–Crippen LogP) is 1.41. The van der Waals surface area contributed by atoms with E-state index in [2.05, 4.69) is 31.3 Å². The van der Waals surface area contributed by atoms with Crippen molar-refractivity contribution in [1.29, 1.82) is 0 Å². The second-order valence-electron chi connectivity index (χ2n) is 3.89. The number of sulfonamides is 1. The molecule has 0 aliphatic carbocycles. The SMILES string of the molecule is CN(Cc1cscn1)S(=O)(=O)c1cc(Br)cnc1NN. The summed E-state index contributed by atoms with van der Waals surface area (Å²) in [5, 5.41) is 1.80. The van der Waals surface area contributed by atoms with Crippen LogP contribution in [0.15, 0.2) is 32.5 Å². The van der Waals surface area contributed by atoms with Gasteiger partial charge >= 0.3 is 0 Å². The van der Waals surface area contributed by atoms with E-state index in [0.29, 0.717) is 10.2 Å². The number of thiazole rings is 1. The Morgan fingerprint density at radius 3 is 2.85 bits per heavy atom. The average Bonchev–Trinajstić information content (AvgIpc) is 2.91. The normalized spacial score (nSPS) is 11.8. The quantitative estimate of drug-likeness (QED) is 0.603. The van der Waals surface area contributed by atoms with Crippen LogP contribution in [0.3, 0.4) is 0 Å². The van der Waals surface area contributed by atoms with Gasteiger partial charge in [-0.1, -0.05) is 0 Å². The Balaban J connectivity index is 2.36. The fourth-order valence-corrected chi connectivity index (χ4v) is 3.82. The van der Waals surface area contributed by atoms with Gasteiger partial charge in [0.2, 0.25) is 10.0 Å². The van der Waals surface area contributed by atoms with Crippen LogP contribution >= 0.6 is 27.3 Å². The molecular formula is C10H12BrN5O2S2. The lowest BCUT2D eigenvalue weighted by molar-refractivity contribution is 0.463. The van der Waals surface area contributed by atoms with Crippen LogP contribution in [0.4, 0.5) is 5.82 Å². The number of pyridine rings is 1. The summed E-state index contributed by atoms with van der Waals surface area (Å²) in [6.07, 6.45) is 1.47. The van der Waals surface area contributed by atoms with Crippen LogP contribution in [-0.4, -0.2) is 29.7 Å². The van der Waals surface area contributed by atoms with E-state index in [1.807, 2.05) is 0 Å². The van der Waals surface area contributed by atoms with Gasteiger partial charge in [-0.2, -0.15) is 4.31 Å². The molecule has 0 amide bonds. The number of anilines is 1. The van der Waals surface area contributed by atoms with Crippen molar-refractivity contribution in [1.82, 2.24) is 14.3 Å². The molecule has 0 atom stereocenters. The molecule has 0 aliphatic heterocycles. The predicted molar refractivity (Wildman–Crippen MR) is 80.5 cm³/mol. The second-order valence-corrected chi connectivity index (χ2v) is 7.53. The fourth-order valence-electron chi connectivity index (χ4n) is 1.52. The van der Waals surface area contributed by atoms with E-state index in [-0.39, 0.29) is 17.3 Å². The smallest absolute Gasteiger partial charge is 0.246 e. The topological polar surface area (TPSA) is 101 Å². The van der Waals surface area contributed by atoms with Gasteiger partial charge in [0.25, 0.3) is 0 Å². The fraction of sp³-hybridized carbons (Fsp3) is 0.200.